The number of aryl methyl sites for hydroxylation is 1. The molecule has 1 aliphatic heterocycles. The first-order valence-electron chi connectivity index (χ1n) is 13.3. The summed E-state index contributed by atoms with van der Waals surface area (Å²) in [4.78, 5) is 24.2. The van der Waals surface area contributed by atoms with E-state index >= 15 is 0 Å². The molecule has 0 aliphatic carbocycles. The van der Waals surface area contributed by atoms with Crippen molar-refractivity contribution < 1.29 is 19.0 Å². The van der Waals surface area contributed by atoms with Crippen LogP contribution in [0.1, 0.15) is 12.5 Å². The number of rotatable bonds is 11. The number of carbonyl (C=O) groups is 1. The van der Waals surface area contributed by atoms with E-state index in [0.717, 1.165) is 60.7 Å². The Morgan fingerprint density at radius 1 is 1.15 bits per heavy atom. The van der Waals surface area contributed by atoms with E-state index in [1.807, 2.05) is 11.4 Å². The van der Waals surface area contributed by atoms with Crippen LogP contribution in [0, 0.1) is 0 Å². The maximum Gasteiger partial charge on any atom is 0.247 e. The molecule has 208 valence electrons. The highest BCUT2D eigenvalue weighted by molar-refractivity contribution is 7.17. The van der Waals surface area contributed by atoms with Gasteiger partial charge in [0.2, 0.25) is 11.9 Å². The second-order valence-electron chi connectivity index (χ2n) is 9.25. The fourth-order valence-corrected chi connectivity index (χ4v) is 5.35. The standard InChI is InChI=1S/C30H33N5O4S/c1-4-20-7-6-8-21(17-20)28-29-22(9-16-40-29)32-30(34-28)33-23-18-24(31-27(36)5-2)26(19-25(23)37-3)39-15-12-35-10-13-38-14-11-35/h5-9,16-19H,2,4,10-15H2,1,3H3,(H,31,36)(H,32,33,34). The highest BCUT2D eigenvalue weighted by Crippen LogP contribution is 2.39. The molecule has 9 nitrogen and oxygen atoms in total. The first kappa shape index (κ1) is 27.6. The molecule has 0 atom stereocenters. The Morgan fingerprint density at radius 3 is 2.77 bits per heavy atom. The maximum absolute atomic E-state index is 12.3. The third kappa shape index (κ3) is 6.41. The number of carbonyl (C=O) groups excluding carboxylic acids is 1. The van der Waals surface area contributed by atoms with Gasteiger partial charge in [0.1, 0.15) is 18.1 Å². The van der Waals surface area contributed by atoms with E-state index in [1.54, 1.807) is 30.6 Å². The quantitative estimate of drug-likeness (QED) is 0.232. The van der Waals surface area contributed by atoms with Crippen LogP contribution in [0.15, 0.2) is 60.5 Å². The molecular formula is C30H33N5O4S. The zero-order valence-electron chi connectivity index (χ0n) is 22.7. The van der Waals surface area contributed by atoms with Gasteiger partial charge in [0, 0.05) is 31.3 Å². The van der Waals surface area contributed by atoms with Crippen molar-refractivity contribution in [2.75, 3.05) is 57.2 Å². The van der Waals surface area contributed by atoms with Crippen molar-refractivity contribution in [1.82, 2.24) is 14.9 Å². The summed E-state index contributed by atoms with van der Waals surface area (Å²) < 4.78 is 18.3. The van der Waals surface area contributed by atoms with Crippen molar-refractivity contribution in [1.29, 1.82) is 0 Å². The summed E-state index contributed by atoms with van der Waals surface area (Å²) in [6.07, 6.45) is 2.16. The van der Waals surface area contributed by atoms with Gasteiger partial charge >= 0.3 is 0 Å². The summed E-state index contributed by atoms with van der Waals surface area (Å²) in [5.41, 5.74) is 5.06. The van der Waals surface area contributed by atoms with Crippen LogP contribution < -0.4 is 20.1 Å². The van der Waals surface area contributed by atoms with Gasteiger partial charge in [-0.15, -0.1) is 11.3 Å². The first-order valence-corrected chi connectivity index (χ1v) is 14.2. The van der Waals surface area contributed by atoms with Crippen LogP contribution in [0.25, 0.3) is 21.5 Å². The number of hydrogen-bond donors (Lipinski definition) is 2. The zero-order chi connectivity index (χ0) is 27.9. The van der Waals surface area contributed by atoms with Crippen LogP contribution in [-0.2, 0) is 16.0 Å². The molecule has 1 amide bonds. The third-order valence-electron chi connectivity index (χ3n) is 6.67. The van der Waals surface area contributed by atoms with E-state index < -0.39 is 0 Å². The second-order valence-corrected chi connectivity index (χ2v) is 10.2. The van der Waals surface area contributed by atoms with Gasteiger partial charge in [0.15, 0.2) is 0 Å². The van der Waals surface area contributed by atoms with Crippen molar-refractivity contribution in [3.8, 4) is 22.8 Å². The minimum absolute atomic E-state index is 0.344. The molecule has 2 aromatic heterocycles. The van der Waals surface area contributed by atoms with Crippen molar-refractivity contribution >= 4 is 44.8 Å². The number of ether oxygens (including phenoxy) is 3. The van der Waals surface area contributed by atoms with Gasteiger partial charge < -0.3 is 24.8 Å². The SMILES string of the molecule is C=CC(=O)Nc1cc(Nc2nc(-c3cccc(CC)c3)c3sccc3n2)c(OC)cc1OCCN1CCOCC1. The van der Waals surface area contributed by atoms with Crippen LogP contribution in [0.4, 0.5) is 17.3 Å². The summed E-state index contributed by atoms with van der Waals surface area (Å²) >= 11 is 1.62. The number of morpholine rings is 1. The molecule has 2 N–H and O–H groups in total. The van der Waals surface area contributed by atoms with Gasteiger partial charge in [-0.1, -0.05) is 31.7 Å². The van der Waals surface area contributed by atoms with Gasteiger partial charge in [0.05, 0.1) is 47.6 Å². The molecule has 1 fully saturated rings. The van der Waals surface area contributed by atoms with Gasteiger partial charge in [-0.2, -0.15) is 0 Å². The highest BCUT2D eigenvalue weighted by atomic mass is 32.1. The van der Waals surface area contributed by atoms with E-state index in [1.165, 1.54) is 11.6 Å². The van der Waals surface area contributed by atoms with E-state index in [9.17, 15) is 4.79 Å². The number of nitrogens with one attached hydrogen (secondary N) is 2. The predicted molar refractivity (Wildman–Crippen MR) is 160 cm³/mol. The first-order chi connectivity index (χ1) is 19.6. The van der Waals surface area contributed by atoms with E-state index in [0.29, 0.717) is 35.4 Å². The van der Waals surface area contributed by atoms with Crippen molar-refractivity contribution in [2.45, 2.75) is 13.3 Å². The van der Waals surface area contributed by atoms with Crippen molar-refractivity contribution in [3.63, 3.8) is 0 Å². The molecule has 3 heterocycles. The van der Waals surface area contributed by atoms with Crippen LogP contribution in [0.2, 0.25) is 0 Å². The Morgan fingerprint density at radius 2 is 2.00 bits per heavy atom. The number of nitrogens with zero attached hydrogens (tertiary/aromatic N) is 3. The number of benzene rings is 2. The summed E-state index contributed by atoms with van der Waals surface area (Å²) in [5.74, 6) is 1.10. The summed E-state index contributed by atoms with van der Waals surface area (Å²) in [7, 11) is 1.59. The van der Waals surface area contributed by atoms with Crippen LogP contribution in [0.5, 0.6) is 11.5 Å². The molecule has 0 radical (unpaired) electrons. The molecule has 0 spiro atoms. The Bertz CT molecular complexity index is 1500. The number of aromatic nitrogens is 2. The molecular weight excluding hydrogens is 526 g/mol. The molecule has 5 rings (SSSR count). The van der Waals surface area contributed by atoms with Crippen molar-refractivity contribution in [3.05, 3.63) is 66.1 Å². The van der Waals surface area contributed by atoms with Gasteiger partial charge in [-0.3, -0.25) is 9.69 Å². The zero-order valence-corrected chi connectivity index (χ0v) is 23.6. The highest BCUT2D eigenvalue weighted by Gasteiger charge is 2.18. The summed E-state index contributed by atoms with van der Waals surface area (Å²) in [6, 6.07) is 13.9. The lowest BCUT2D eigenvalue weighted by molar-refractivity contribution is -0.111. The van der Waals surface area contributed by atoms with Crippen molar-refractivity contribution in [2.24, 2.45) is 0 Å². The summed E-state index contributed by atoms with van der Waals surface area (Å²) in [6.45, 7) is 10.1. The second kappa shape index (κ2) is 12.9. The average Bonchev–Trinajstić information content (AvgIpc) is 3.47. The van der Waals surface area contributed by atoms with E-state index in [2.05, 4.69) is 53.3 Å². The van der Waals surface area contributed by atoms with Crippen LogP contribution in [0.3, 0.4) is 0 Å². The molecule has 10 heteroatoms. The Hall–Kier alpha value is -3.99. The topological polar surface area (TPSA) is 97.8 Å². The van der Waals surface area contributed by atoms with Gasteiger partial charge in [-0.05, 0) is 41.6 Å². The predicted octanol–water partition coefficient (Wildman–Crippen LogP) is 5.51. The minimum Gasteiger partial charge on any atom is -0.494 e. The smallest absolute Gasteiger partial charge is 0.247 e. The monoisotopic (exact) mass is 559 g/mol. The van der Waals surface area contributed by atoms with Crippen LogP contribution >= 0.6 is 11.3 Å². The molecule has 0 saturated carbocycles. The Labute approximate surface area is 237 Å². The average molecular weight is 560 g/mol. The fourth-order valence-electron chi connectivity index (χ4n) is 4.51. The lowest BCUT2D eigenvalue weighted by atomic mass is 10.1. The lowest BCUT2D eigenvalue weighted by Crippen LogP contribution is -2.38. The number of methoxy groups -OCH3 is 1. The Kier molecular flexibility index (Phi) is 8.90. The maximum atomic E-state index is 12.3. The van der Waals surface area contributed by atoms with Gasteiger partial charge in [-0.25, -0.2) is 9.97 Å². The fraction of sp³-hybridized carbons (Fsp3) is 0.300. The number of fused-ring (bicyclic) bond motifs is 1. The van der Waals surface area contributed by atoms with E-state index in [-0.39, 0.29) is 5.91 Å². The van der Waals surface area contributed by atoms with E-state index in [4.69, 9.17) is 24.2 Å². The number of hydrogen-bond acceptors (Lipinski definition) is 9. The number of amides is 1. The minimum atomic E-state index is -0.344. The lowest BCUT2D eigenvalue weighted by Gasteiger charge is -2.26. The normalized spacial score (nSPS) is 13.7. The molecule has 4 aromatic rings. The third-order valence-corrected chi connectivity index (χ3v) is 7.58. The summed E-state index contributed by atoms with van der Waals surface area (Å²) in [5, 5.41) is 8.18. The largest absolute Gasteiger partial charge is 0.494 e. The molecule has 1 saturated heterocycles. The van der Waals surface area contributed by atoms with Gasteiger partial charge in [0.25, 0.3) is 0 Å². The van der Waals surface area contributed by atoms with Crippen LogP contribution in [-0.4, -0.2) is 67.3 Å². The Balaban J connectivity index is 1.46. The molecule has 0 unspecified atom stereocenters. The number of anilines is 3. The molecule has 1 aliphatic rings. The molecule has 40 heavy (non-hydrogen) atoms. The molecule has 0 bridgehead atoms. The number of thiophene rings is 1. The molecule has 2 aromatic carbocycles.